The van der Waals surface area contributed by atoms with Crippen molar-refractivity contribution in [3.63, 3.8) is 0 Å². The van der Waals surface area contributed by atoms with E-state index in [4.69, 9.17) is 0 Å². The van der Waals surface area contributed by atoms with Crippen LogP contribution in [0.25, 0.3) is 0 Å². The number of rotatable bonds is 7. The van der Waals surface area contributed by atoms with Crippen molar-refractivity contribution in [1.82, 2.24) is 14.8 Å². The van der Waals surface area contributed by atoms with E-state index >= 15 is 0 Å². The predicted octanol–water partition coefficient (Wildman–Crippen LogP) is 2.02. The van der Waals surface area contributed by atoms with E-state index in [-0.39, 0.29) is 11.8 Å². The van der Waals surface area contributed by atoms with Crippen LogP contribution in [0.5, 0.6) is 0 Å². The van der Waals surface area contributed by atoms with Gasteiger partial charge < -0.3 is 9.80 Å². The third-order valence-corrected chi connectivity index (χ3v) is 3.26. The molecule has 19 heavy (non-hydrogen) atoms. The Morgan fingerprint density at radius 2 is 2.11 bits per heavy atom. The maximum absolute atomic E-state index is 12.4. The van der Waals surface area contributed by atoms with Gasteiger partial charge in [0.25, 0.3) is 0 Å². The molecule has 1 amide bonds. The molecule has 0 saturated heterocycles. The van der Waals surface area contributed by atoms with Crippen LogP contribution in [-0.2, 0) is 11.3 Å². The Bertz CT molecular complexity index is 378. The molecule has 0 aliphatic rings. The highest BCUT2D eigenvalue weighted by atomic mass is 16.2. The number of likely N-dealkylation sites (N-methyl/N-ethyl adjacent to an activating group) is 1. The molecule has 0 fully saturated rings. The summed E-state index contributed by atoms with van der Waals surface area (Å²) in [7, 11) is 4.05. The first-order valence-electron chi connectivity index (χ1n) is 6.87. The van der Waals surface area contributed by atoms with E-state index in [0.29, 0.717) is 6.54 Å². The van der Waals surface area contributed by atoms with Crippen LogP contribution >= 0.6 is 0 Å². The van der Waals surface area contributed by atoms with Gasteiger partial charge in [-0.3, -0.25) is 9.78 Å². The maximum Gasteiger partial charge on any atom is 0.225 e. The first-order chi connectivity index (χ1) is 9.04. The Morgan fingerprint density at radius 1 is 1.37 bits per heavy atom. The van der Waals surface area contributed by atoms with Gasteiger partial charge in [0.15, 0.2) is 0 Å². The molecule has 0 aromatic carbocycles. The van der Waals surface area contributed by atoms with Gasteiger partial charge in [0.1, 0.15) is 0 Å². The minimum Gasteiger partial charge on any atom is -0.337 e. The molecular formula is C15H25N3O. The number of hydrogen-bond donors (Lipinski definition) is 0. The van der Waals surface area contributed by atoms with Crippen LogP contribution < -0.4 is 0 Å². The first kappa shape index (κ1) is 15.6. The van der Waals surface area contributed by atoms with Crippen LogP contribution in [-0.4, -0.2) is 47.9 Å². The highest BCUT2D eigenvalue weighted by Crippen LogP contribution is 2.10. The van der Waals surface area contributed by atoms with Crippen molar-refractivity contribution in [2.24, 2.45) is 5.92 Å². The van der Waals surface area contributed by atoms with E-state index in [9.17, 15) is 4.79 Å². The number of pyridine rings is 1. The molecule has 0 radical (unpaired) electrons. The molecule has 0 aliphatic carbocycles. The van der Waals surface area contributed by atoms with E-state index in [0.717, 1.165) is 25.1 Å². The van der Waals surface area contributed by atoms with Gasteiger partial charge in [-0.1, -0.05) is 19.9 Å². The molecule has 0 saturated carbocycles. The standard InChI is InChI=1S/C15H25N3O/c1-5-13(2)15(19)18(10-9-17(3)4)12-14-7-6-8-16-11-14/h6-8,11,13H,5,9-10,12H2,1-4H3/t13-/m0/s1. The van der Waals surface area contributed by atoms with E-state index in [2.05, 4.69) is 16.8 Å². The number of hydrogen-bond acceptors (Lipinski definition) is 3. The summed E-state index contributed by atoms with van der Waals surface area (Å²) in [5, 5.41) is 0. The third kappa shape index (κ3) is 5.39. The summed E-state index contributed by atoms with van der Waals surface area (Å²) in [4.78, 5) is 20.5. The average Bonchev–Trinajstić information content (AvgIpc) is 2.42. The van der Waals surface area contributed by atoms with Gasteiger partial charge in [-0.25, -0.2) is 0 Å². The van der Waals surface area contributed by atoms with Crippen molar-refractivity contribution < 1.29 is 4.79 Å². The summed E-state index contributed by atoms with van der Waals surface area (Å²) in [6.07, 6.45) is 4.46. The number of nitrogens with zero attached hydrogens (tertiary/aromatic N) is 3. The van der Waals surface area contributed by atoms with Gasteiger partial charge in [-0.2, -0.15) is 0 Å². The zero-order valence-electron chi connectivity index (χ0n) is 12.5. The van der Waals surface area contributed by atoms with Crippen molar-refractivity contribution in [2.45, 2.75) is 26.8 Å². The first-order valence-corrected chi connectivity index (χ1v) is 6.87. The van der Waals surface area contributed by atoms with E-state index in [1.165, 1.54) is 0 Å². The largest absolute Gasteiger partial charge is 0.337 e. The second-order valence-electron chi connectivity index (χ2n) is 5.23. The lowest BCUT2D eigenvalue weighted by Gasteiger charge is -2.27. The Balaban J connectivity index is 2.71. The molecule has 1 rings (SSSR count). The molecule has 4 heteroatoms. The van der Waals surface area contributed by atoms with Gasteiger partial charge in [0.05, 0.1) is 0 Å². The van der Waals surface area contributed by atoms with Crippen molar-refractivity contribution in [2.75, 3.05) is 27.2 Å². The normalized spacial score (nSPS) is 12.5. The van der Waals surface area contributed by atoms with Gasteiger partial charge in [0, 0.05) is 37.9 Å². The molecule has 0 bridgehead atoms. The number of amides is 1. The molecule has 4 nitrogen and oxygen atoms in total. The lowest BCUT2D eigenvalue weighted by molar-refractivity contribution is -0.135. The van der Waals surface area contributed by atoms with Crippen LogP contribution in [0.2, 0.25) is 0 Å². The number of aromatic nitrogens is 1. The van der Waals surface area contributed by atoms with Gasteiger partial charge >= 0.3 is 0 Å². The lowest BCUT2D eigenvalue weighted by Crippen LogP contribution is -2.39. The van der Waals surface area contributed by atoms with Crippen molar-refractivity contribution in [1.29, 1.82) is 0 Å². The molecule has 0 aliphatic heterocycles. The molecular weight excluding hydrogens is 238 g/mol. The van der Waals surface area contributed by atoms with Crippen molar-refractivity contribution in [3.8, 4) is 0 Å². The molecule has 1 aromatic rings. The smallest absolute Gasteiger partial charge is 0.225 e. The topological polar surface area (TPSA) is 36.4 Å². The molecule has 1 atom stereocenters. The summed E-state index contributed by atoms with van der Waals surface area (Å²) >= 11 is 0. The molecule has 1 aromatic heterocycles. The molecule has 0 spiro atoms. The second kappa shape index (κ2) is 7.89. The van der Waals surface area contributed by atoms with Crippen LogP contribution in [0.1, 0.15) is 25.8 Å². The number of carbonyl (C=O) groups excluding carboxylic acids is 1. The van der Waals surface area contributed by atoms with Crippen LogP contribution in [0.4, 0.5) is 0 Å². The average molecular weight is 263 g/mol. The Hall–Kier alpha value is -1.42. The highest BCUT2D eigenvalue weighted by molar-refractivity contribution is 5.78. The van der Waals surface area contributed by atoms with E-state index in [1.807, 2.05) is 44.2 Å². The fraction of sp³-hybridized carbons (Fsp3) is 0.600. The number of carbonyl (C=O) groups is 1. The Morgan fingerprint density at radius 3 is 2.63 bits per heavy atom. The minimum atomic E-state index is 0.0823. The third-order valence-electron chi connectivity index (χ3n) is 3.26. The zero-order valence-corrected chi connectivity index (χ0v) is 12.5. The maximum atomic E-state index is 12.4. The fourth-order valence-corrected chi connectivity index (χ4v) is 1.79. The monoisotopic (exact) mass is 263 g/mol. The quantitative estimate of drug-likeness (QED) is 0.755. The summed E-state index contributed by atoms with van der Waals surface area (Å²) in [5.41, 5.74) is 1.08. The van der Waals surface area contributed by atoms with E-state index in [1.54, 1.807) is 6.20 Å². The zero-order chi connectivity index (χ0) is 14.3. The second-order valence-corrected chi connectivity index (χ2v) is 5.23. The van der Waals surface area contributed by atoms with Crippen LogP contribution in [0, 0.1) is 5.92 Å². The van der Waals surface area contributed by atoms with Gasteiger partial charge in [0.2, 0.25) is 5.91 Å². The highest BCUT2D eigenvalue weighted by Gasteiger charge is 2.19. The Labute approximate surface area is 116 Å². The summed E-state index contributed by atoms with van der Waals surface area (Å²) in [5.74, 6) is 0.312. The van der Waals surface area contributed by atoms with Crippen LogP contribution in [0.3, 0.4) is 0 Å². The predicted molar refractivity (Wildman–Crippen MR) is 77.7 cm³/mol. The lowest BCUT2D eigenvalue weighted by atomic mass is 10.1. The van der Waals surface area contributed by atoms with Crippen LogP contribution in [0.15, 0.2) is 24.5 Å². The minimum absolute atomic E-state index is 0.0823. The Kier molecular flexibility index (Phi) is 6.50. The molecule has 0 N–H and O–H groups in total. The molecule has 0 unspecified atom stereocenters. The fourth-order valence-electron chi connectivity index (χ4n) is 1.79. The van der Waals surface area contributed by atoms with E-state index < -0.39 is 0 Å². The summed E-state index contributed by atoms with van der Waals surface area (Å²) < 4.78 is 0. The molecule has 1 heterocycles. The van der Waals surface area contributed by atoms with Crippen molar-refractivity contribution in [3.05, 3.63) is 30.1 Å². The summed E-state index contributed by atoms with van der Waals surface area (Å²) in [6, 6.07) is 3.92. The van der Waals surface area contributed by atoms with Gasteiger partial charge in [-0.05, 0) is 32.1 Å². The SMILES string of the molecule is CC[C@H](C)C(=O)N(CCN(C)C)Cc1cccnc1. The van der Waals surface area contributed by atoms with Crippen molar-refractivity contribution >= 4 is 5.91 Å². The van der Waals surface area contributed by atoms with Gasteiger partial charge in [-0.15, -0.1) is 0 Å². The molecule has 106 valence electrons. The summed E-state index contributed by atoms with van der Waals surface area (Å²) in [6.45, 7) is 6.32.